The summed E-state index contributed by atoms with van der Waals surface area (Å²) in [6.45, 7) is 6.69. The van der Waals surface area contributed by atoms with Crippen molar-refractivity contribution in [2.75, 3.05) is 18.4 Å². The summed E-state index contributed by atoms with van der Waals surface area (Å²) in [6, 6.07) is 0. The molecule has 2 rings (SSSR count). The van der Waals surface area contributed by atoms with E-state index in [9.17, 15) is 14.3 Å². The highest BCUT2D eigenvalue weighted by Gasteiger charge is 2.51. The number of nitrogens with one attached hydrogen (secondary N) is 1. The van der Waals surface area contributed by atoms with Crippen LogP contribution in [0.2, 0.25) is 5.28 Å². The Morgan fingerprint density at radius 2 is 2.27 bits per heavy atom. The van der Waals surface area contributed by atoms with Gasteiger partial charge in [-0.3, -0.25) is 0 Å². The van der Waals surface area contributed by atoms with Gasteiger partial charge in [0.15, 0.2) is 11.6 Å². The Balaban J connectivity index is 2.29. The summed E-state index contributed by atoms with van der Waals surface area (Å²) in [5.41, 5.74) is -0.953. The summed E-state index contributed by atoms with van der Waals surface area (Å²) in [4.78, 5) is 20.4. The Morgan fingerprint density at radius 3 is 2.86 bits per heavy atom. The van der Waals surface area contributed by atoms with Crippen molar-refractivity contribution < 1.29 is 14.3 Å². The number of hydrogen-bond acceptors (Lipinski definition) is 4. The lowest BCUT2D eigenvalue weighted by atomic mass is 9.71. The maximum absolute atomic E-state index is 13.7. The summed E-state index contributed by atoms with van der Waals surface area (Å²) >= 11 is 5.68. The highest BCUT2D eigenvalue weighted by atomic mass is 35.5. The number of likely N-dealkylation sites (tertiary alicyclic amines) is 1. The molecule has 6 nitrogen and oxygen atoms in total. The summed E-state index contributed by atoms with van der Waals surface area (Å²) < 4.78 is 13.7. The molecule has 2 N–H and O–H groups in total. The van der Waals surface area contributed by atoms with Crippen molar-refractivity contribution in [3.05, 3.63) is 17.3 Å². The average molecular weight is 331 g/mol. The van der Waals surface area contributed by atoms with Gasteiger partial charge in [0.05, 0.1) is 11.7 Å². The van der Waals surface area contributed by atoms with Crippen LogP contribution in [0.15, 0.2) is 6.20 Å². The van der Waals surface area contributed by atoms with E-state index < -0.39 is 17.4 Å². The predicted molar refractivity (Wildman–Crippen MR) is 81.6 cm³/mol. The van der Waals surface area contributed by atoms with Crippen molar-refractivity contribution in [3.63, 3.8) is 0 Å². The number of hydrogen-bond donors (Lipinski definition) is 2. The first kappa shape index (κ1) is 16.7. The molecule has 1 aliphatic rings. The van der Waals surface area contributed by atoms with Crippen molar-refractivity contribution >= 4 is 23.5 Å². The number of aromatic nitrogens is 2. The fraction of sp³-hybridized carbons (Fsp3) is 0.643. The Hall–Kier alpha value is -1.63. The molecule has 0 aromatic carbocycles. The Morgan fingerprint density at radius 1 is 1.59 bits per heavy atom. The van der Waals surface area contributed by atoms with E-state index in [4.69, 9.17) is 11.6 Å². The third-order valence-electron chi connectivity index (χ3n) is 4.38. The average Bonchev–Trinajstić information content (AvgIpc) is 2.85. The van der Waals surface area contributed by atoms with Crippen LogP contribution in [-0.2, 0) is 0 Å². The van der Waals surface area contributed by atoms with E-state index in [1.807, 2.05) is 20.8 Å². The lowest BCUT2D eigenvalue weighted by Crippen LogP contribution is -2.59. The maximum Gasteiger partial charge on any atom is 0.407 e. The fourth-order valence-corrected chi connectivity index (χ4v) is 3.22. The molecule has 0 unspecified atom stereocenters. The lowest BCUT2D eigenvalue weighted by molar-refractivity contribution is 0.0399. The van der Waals surface area contributed by atoms with Gasteiger partial charge in [-0.05, 0) is 29.9 Å². The van der Waals surface area contributed by atoms with Gasteiger partial charge in [0.2, 0.25) is 5.28 Å². The van der Waals surface area contributed by atoms with Gasteiger partial charge >= 0.3 is 6.09 Å². The molecule has 22 heavy (non-hydrogen) atoms. The second-order valence-electron chi connectivity index (χ2n) is 6.51. The maximum atomic E-state index is 13.7. The minimum atomic E-state index is -0.963. The molecule has 1 atom stereocenters. The Kier molecular flexibility index (Phi) is 4.47. The van der Waals surface area contributed by atoms with Crippen LogP contribution >= 0.6 is 11.6 Å². The van der Waals surface area contributed by atoms with Crippen LogP contribution in [-0.4, -0.2) is 44.7 Å². The smallest absolute Gasteiger partial charge is 0.407 e. The molecule has 8 heteroatoms. The van der Waals surface area contributed by atoms with E-state index in [-0.39, 0.29) is 23.1 Å². The molecular weight excluding hydrogens is 311 g/mol. The molecule has 0 saturated carbocycles. The van der Waals surface area contributed by atoms with Gasteiger partial charge in [-0.1, -0.05) is 20.8 Å². The quantitative estimate of drug-likeness (QED) is 0.832. The Labute approximate surface area is 133 Å². The third kappa shape index (κ3) is 2.95. The number of halogens is 2. The zero-order valence-electron chi connectivity index (χ0n) is 12.9. The monoisotopic (exact) mass is 330 g/mol. The summed E-state index contributed by atoms with van der Waals surface area (Å²) in [6.07, 6.45) is 1.51. The Bertz CT molecular complexity index is 578. The van der Waals surface area contributed by atoms with Gasteiger partial charge in [-0.2, -0.15) is 4.98 Å². The molecule has 1 aromatic rings. The second-order valence-corrected chi connectivity index (χ2v) is 6.85. The van der Waals surface area contributed by atoms with Crippen LogP contribution in [0.3, 0.4) is 0 Å². The first-order valence-corrected chi connectivity index (χ1v) is 7.48. The summed E-state index contributed by atoms with van der Waals surface area (Å²) in [7, 11) is 0. The minimum Gasteiger partial charge on any atom is -0.465 e. The number of anilines is 1. The van der Waals surface area contributed by atoms with E-state index in [1.165, 1.54) is 4.90 Å². The zero-order chi connectivity index (χ0) is 16.5. The van der Waals surface area contributed by atoms with Crippen LogP contribution in [0.5, 0.6) is 0 Å². The lowest BCUT2D eigenvalue weighted by Gasteiger charge is -2.47. The van der Waals surface area contributed by atoms with Crippen molar-refractivity contribution in [1.82, 2.24) is 14.9 Å². The van der Waals surface area contributed by atoms with Gasteiger partial charge in [0.1, 0.15) is 0 Å². The van der Waals surface area contributed by atoms with Gasteiger partial charge in [0.25, 0.3) is 0 Å². The molecule has 0 bridgehead atoms. The molecule has 0 spiro atoms. The van der Waals surface area contributed by atoms with Gasteiger partial charge in [0, 0.05) is 13.1 Å². The summed E-state index contributed by atoms with van der Waals surface area (Å²) in [5, 5.41) is 12.3. The first-order valence-electron chi connectivity index (χ1n) is 7.10. The molecular formula is C14H20ClFN4O2. The van der Waals surface area contributed by atoms with E-state index in [0.29, 0.717) is 13.0 Å². The molecule has 1 aromatic heterocycles. The number of carboxylic acid groups (broad SMARTS) is 1. The van der Waals surface area contributed by atoms with E-state index in [0.717, 1.165) is 12.6 Å². The zero-order valence-corrected chi connectivity index (χ0v) is 13.6. The molecule has 2 heterocycles. The molecule has 0 aliphatic carbocycles. The number of amides is 1. The third-order valence-corrected chi connectivity index (χ3v) is 4.56. The van der Waals surface area contributed by atoms with Crippen LogP contribution in [0.25, 0.3) is 0 Å². The largest absolute Gasteiger partial charge is 0.465 e. The number of rotatable bonds is 3. The number of nitrogens with zero attached hydrogens (tertiary/aromatic N) is 3. The van der Waals surface area contributed by atoms with Crippen molar-refractivity contribution in [2.45, 2.75) is 39.2 Å². The molecule has 1 saturated heterocycles. The first-order chi connectivity index (χ1) is 10.2. The van der Waals surface area contributed by atoms with Crippen molar-refractivity contribution in [1.29, 1.82) is 0 Å². The van der Waals surface area contributed by atoms with Crippen LogP contribution < -0.4 is 5.32 Å². The van der Waals surface area contributed by atoms with E-state index in [2.05, 4.69) is 15.3 Å². The highest BCUT2D eigenvalue weighted by molar-refractivity contribution is 6.28. The highest BCUT2D eigenvalue weighted by Crippen LogP contribution is 2.43. The predicted octanol–water partition coefficient (Wildman–Crippen LogP) is 3.24. The molecule has 0 radical (unpaired) electrons. The number of carbonyl (C=O) groups is 1. The fourth-order valence-electron chi connectivity index (χ4n) is 3.09. The van der Waals surface area contributed by atoms with Crippen LogP contribution in [0, 0.1) is 11.2 Å². The molecule has 122 valence electrons. The summed E-state index contributed by atoms with van der Waals surface area (Å²) in [5.74, 6) is -0.630. The topological polar surface area (TPSA) is 78.4 Å². The van der Waals surface area contributed by atoms with E-state index in [1.54, 1.807) is 0 Å². The van der Waals surface area contributed by atoms with Gasteiger partial charge in [-0.15, -0.1) is 0 Å². The standard InChI is InChI=1S/C14H20ClFN4O2/c1-13(2,3)14(5-4-6-20(14)12(21)22)8-18-10-9(16)7-17-11(15)19-10/h7H,4-6,8H2,1-3H3,(H,21,22)(H,17,18,19)/t14-/m1/s1. The SMILES string of the molecule is CC(C)(C)[C@]1(CNc2nc(Cl)ncc2F)CCCN1C(=O)O. The van der Waals surface area contributed by atoms with Crippen LogP contribution in [0.4, 0.5) is 15.0 Å². The van der Waals surface area contributed by atoms with Gasteiger partial charge in [-0.25, -0.2) is 14.2 Å². The second kappa shape index (κ2) is 5.87. The normalized spacial score (nSPS) is 22.0. The van der Waals surface area contributed by atoms with Gasteiger partial charge < -0.3 is 15.3 Å². The van der Waals surface area contributed by atoms with Crippen molar-refractivity contribution in [3.8, 4) is 0 Å². The van der Waals surface area contributed by atoms with Crippen molar-refractivity contribution in [2.24, 2.45) is 5.41 Å². The molecule has 1 amide bonds. The minimum absolute atomic E-state index is 0.0131. The molecule has 1 aliphatic heterocycles. The van der Waals surface area contributed by atoms with E-state index >= 15 is 0 Å². The molecule has 1 fully saturated rings. The van der Waals surface area contributed by atoms with Crippen LogP contribution in [0.1, 0.15) is 33.6 Å².